The van der Waals surface area contributed by atoms with Crippen molar-refractivity contribution < 1.29 is 14.3 Å². The number of ether oxygens (including phenoxy) is 2. The Bertz CT molecular complexity index is 2710. The third-order valence-corrected chi connectivity index (χ3v) is 10.6. The number of para-hydroxylation sites is 2. The van der Waals surface area contributed by atoms with E-state index >= 15 is 0 Å². The van der Waals surface area contributed by atoms with Crippen LogP contribution in [0, 0.1) is 0 Å². The third kappa shape index (κ3) is 10.6. The van der Waals surface area contributed by atoms with Crippen LogP contribution in [0.2, 0.25) is 0 Å². The number of aryl methyl sites for hydroxylation is 2. The van der Waals surface area contributed by atoms with Crippen LogP contribution in [-0.4, -0.2) is 13.1 Å². The zero-order chi connectivity index (χ0) is 42.5. The lowest BCUT2D eigenvalue weighted by Gasteiger charge is -2.26. The molecule has 0 aromatic heterocycles. The lowest BCUT2D eigenvalue weighted by molar-refractivity contribution is -0.131. The fraction of sp³-hybridized carbons (Fsp3) is 0.0702. The summed E-state index contributed by atoms with van der Waals surface area (Å²) in [5.74, 6) is 1.07. The van der Waals surface area contributed by atoms with Gasteiger partial charge in [0.2, 0.25) is 0 Å². The number of anilines is 6. The van der Waals surface area contributed by atoms with E-state index in [-0.39, 0.29) is 5.97 Å². The van der Waals surface area contributed by atoms with Gasteiger partial charge in [-0.25, -0.2) is 0 Å². The van der Waals surface area contributed by atoms with Crippen molar-refractivity contribution in [1.82, 2.24) is 0 Å². The summed E-state index contributed by atoms with van der Waals surface area (Å²) in [4.78, 5) is 15.8. The van der Waals surface area contributed by atoms with Crippen LogP contribution in [0.25, 0.3) is 24.3 Å². The normalized spacial score (nSPS) is 11.1. The van der Waals surface area contributed by atoms with E-state index in [0.29, 0.717) is 5.75 Å². The first kappa shape index (κ1) is 40.9. The average molecular weight is 809 g/mol. The summed E-state index contributed by atoms with van der Waals surface area (Å²) in [5, 5.41) is 0. The van der Waals surface area contributed by atoms with Crippen LogP contribution in [0.4, 0.5) is 34.1 Å². The number of nitrogens with zero attached hydrogens (tertiary/aromatic N) is 2. The molecule has 8 rings (SSSR count). The maximum atomic E-state index is 11.3. The molecule has 0 aliphatic carbocycles. The molecule has 8 aromatic carbocycles. The summed E-state index contributed by atoms with van der Waals surface area (Å²) < 4.78 is 10.5. The fourth-order valence-corrected chi connectivity index (χ4v) is 7.34. The number of hydrogen-bond acceptors (Lipinski definition) is 5. The van der Waals surface area contributed by atoms with Gasteiger partial charge in [-0.3, -0.25) is 4.79 Å². The summed E-state index contributed by atoms with van der Waals surface area (Å²) >= 11 is 0. The Balaban J connectivity index is 0.930. The van der Waals surface area contributed by atoms with Gasteiger partial charge in [0, 0.05) is 41.0 Å². The average Bonchev–Trinajstić information content (AvgIpc) is 3.32. The Morgan fingerprint density at radius 1 is 0.387 bits per heavy atom. The predicted octanol–water partition coefficient (Wildman–Crippen LogP) is 14.7. The van der Waals surface area contributed by atoms with Crippen molar-refractivity contribution in [3.63, 3.8) is 0 Å². The third-order valence-electron chi connectivity index (χ3n) is 10.6. The molecule has 0 radical (unpaired) electrons. The maximum Gasteiger partial charge on any atom is 0.308 e. The number of esters is 1. The maximum absolute atomic E-state index is 11.3. The van der Waals surface area contributed by atoms with E-state index in [1.807, 2.05) is 30.3 Å². The highest BCUT2D eigenvalue weighted by atomic mass is 16.5. The molecule has 0 spiro atoms. The first-order valence-electron chi connectivity index (χ1n) is 20.8. The lowest BCUT2D eigenvalue weighted by atomic mass is 10.0. The van der Waals surface area contributed by atoms with E-state index in [9.17, 15) is 4.79 Å². The zero-order valence-corrected chi connectivity index (χ0v) is 35.0. The molecule has 0 atom stereocenters. The smallest absolute Gasteiger partial charge is 0.308 e. The Labute approximate surface area is 365 Å². The van der Waals surface area contributed by atoms with Crippen molar-refractivity contribution in [2.45, 2.75) is 19.8 Å². The van der Waals surface area contributed by atoms with Gasteiger partial charge in [0.15, 0.2) is 0 Å². The number of rotatable bonds is 15. The topological polar surface area (TPSA) is 42.0 Å². The number of methoxy groups -OCH3 is 1. The minimum atomic E-state index is -0.326. The second kappa shape index (κ2) is 19.9. The molecule has 0 heterocycles. The standard InChI is InChI=1S/C57H48N2O3/c1-43(60)62-57-41-29-49(30-42-57)18-16-47-25-37-55(38-26-47)59(51-11-7-4-8-12-51)53-33-21-45(22-34-53)14-13-44-19-31-52(32-20-44)58(50-9-5-3-6-10-50)54-35-23-46(24-36-54)15-17-48-27-39-56(61-2)40-28-48/h3-12,15-42H,13-14H2,1-2H3/b17-15+,18-16+. The van der Waals surface area contributed by atoms with Crippen molar-refractivity contribution in [2.24, 2.45) is 0 Å². The molecule has 0 amide bonds. The molecule has 5 nitrogen and oxygen atoms in total. The predicted molar refractivity (Wildman–Crippen MR) is 258 cm³/mol. The van der Waals surface area contributed by atoms with E-state index in [0.717, 1.165) is 75.0 Å². The Morgan fingerprint density at radius 2 is 0.677 bits per heavy atom. The summed E-state index contributed by atoms with van der Waals surface area (Å²) in [7, 11) is 1.68. The number of carbonyl (C=O) groups excluding carboxylic acids is 1. The number of carbonyl (C=O) groups is 1. The molecule has 8 aromatic rings. The van der Waals surface area contributed by atoms with E-state index in [4.69, 9.17) is 9.47 Å². The molecule has 5 heteroatoms. The highest BCUT2D eigenvalue weighted by Crippen LogP contribution is 2.36. The van der Waals surface area contributed by atoms with E-state index in [1.165, 1.54) is 18.1 Å². The van der Waals surface area contributed by atoms with Gasteiger partial charge in [-0.05, 0) is 143 Å². The molecule has 0 aliphatic heterocycles. The zero-order valence-electron chi connectivity index (χ0n) is 35.0. The summed E-state index contributed by atoms with van der Waals surface area (Å²) in [6, 6.07) is 71.7. The second-order valence-electron chi connectivity index (χ2n) is 15.0. The van der Waals surface area contributed by atoms with Crippen LogP contribution in [0.1, 0.15) is 40.3 Å². The first-order chi connectivity index (χ1) is 30.5. The minimum absolute atomic E-state index is 0.326. The van der Waals surface area contributed by atoms with Gasteiger partial charge in [0.1, 0.15) is 11.5 Å². The molecular formula is C57H48N2O3. The highest BCUT2D eigenvalue weighted by Gasteiger charge is 2.14. The van der Waals surface area contributed by atoms with Crippen LogP contribution in [0.15, 0.2) is 206 Å². The monoisotopic (exact) mass is 808 g/mol. The Hall–Kier alpha value is -7.89. The first-order valence-corrected chi connectivity index (χ1v) is 20.8. The van der Waals surface area contributed by atoms with Crippen molar-refractivity contribution in [1.29, 1.82) is 0 Å². The Kier molecular flexibility index (Phi) is 13.1. The Morgan fingerprint density at radius 3 is 1.00 bits per heavy atom. The van der Waals surface area contributed by atoms with Crippen LogP contribution in [0.3, 0.4) is 0 Å². The van der Waals surface area contributed by atoms with E-state index < -0.39 is 0 Å². The van der Waals surface area contributed by atoms with Crippen LogP contribution in [-0.2, 0) is 17.6 Å². The van der Waals surface area contributed by atoms with Crippen molar-refractivity contribution >= 4 is 64.4 Å². The molecule has 0 saturated heterocycles. The quantitative estimate of drug-likeness (QED) is 0.0586. The molecular weight excluding hydrogens is 761 g/mol. The van der Waals surface area contributed by atoms with Gasteiger partial charge in [0.05, 0.1) is 7.11 Å². The van der Waals surface area contributed by atoms with Gasteiger partial charge in [-0.1, -0.05) is 133 Å². The van der Waals surface area contributed by atoms with Crippen molar-refractivity contribution in [3.05, 3.63) is 240 Å². The molecule has 0 unspecified atom stereocenters. The molecule has 0 saturated carbocycles. The highest BCUT2D eigenvalue weighted by molar-refractivity contribution is 5.80. The van der Waals surface area contributed by atoms with E-state index in [1.54, 1.807) is 19.2 Å². The summed E-state index contributed by atoms with van der Waals surface area (Å²) in [6.45, 7) is 1.40. The van der Waals surface area contributed by atoms with Gasteiger partial charge in [-0.2, -0.15) is 0 Å². The molecule has 0 fully saturated rings. The lowest BCUT2D eigenvalue weighted by Crippen LogP contribution is -2.10. The van der Waals surface area contributed by atoms with Crippen LogP contribution in [0.5, 0.6) is 11.5 Å². The SMILES string of the molecule is COc1ccc(/C=C/c2ccc(N(c3ccccc3)c3ccc(CCc4ccc(N(c5ccccc5)c5ccc(/C=C/c6ccc(OC(C)=O)cc6)cc5)cc4)cc3)cc2)cc1. The van der Waals surface area contributed by atoms with Crippen LogP contribution >= 0.6 is 0 Å². The summed E-state index contributed by atoms with van der Waals surface area (Å²) in [6.07, 6.45) is 10.3. The van der Waals surface area contributed by atoms with Crippen LogP contribution < -0.4 is 19.3 Å². The number of hydrogen-bond donors (Lipinski definition) is 0. The molecule has 0 aliphatic rings. The molecule has 62 heavy (non-hydrogen) atoms. The van der Waals surface area contributed by atoms with Gasteiger partial charge in [-0.15, -0.1) is 0 Å². The minimum Gasteiger partial charge on any atom is -0.497 e. The van der Waals surface area contributed by atoms with Crippen molar-refractivity contribution in [3.8, 4) is 11.5 Å². The summed E-state index contributed by atoms with van der Waals surface area (Å²) in [5.41, 5.74) is 13.6. The fourth-order valence-electron chi connectivity index (χ4n) is 7.34. The molecule has 304 valence electrons. The van der Waals surface area contributed by atoms with Gasteiger partial charge >= 0.3 is 5.97 Å². The number of benzene rings is 8. The second-order valence-corrected chi connectivity index (χ2v) is 15.0. The van der Waals surface area contributed by atoms with E-state index in [2.05, 4.69) is 198 Å². The van der Waals surface area contributed by atoms with Gasteiger partial charge in [0.25, 0.3) is 0 Å². The van der Waals surface area contributed by atoms with Gasteiger partial charge < -0.3 is 19.3 Å². The largest absolute Gasteiger partial charge is 0.497 e. The van der Waals surface area contributed by atoms with Crippen molar-refractivity contribution in [2.75, 3.05) is 16.9 Å². The molecule has 0 N–H and O–H groups in total. The molecule has 0 bridgehead atoms.